The van der Waals surface area contributed by atoms with Crippen molar-refractivity contribution in [3.63, 3.8) is 0 Å². The maximum atomic E-state index is 12.7. The molecule has 4 nitrogen and oxygen atoms in total. The highest BCUT2D eigenvalue weighted by molar-refractivity contribution is 6.03. The Balaban J connectivity index is 1.48. The fraction of sp³-hybridized carbons (Fsp3) is 0.250. The summed E-state index contributed by atoms with van der Waals surface area (Å²) in [6, 6.07) is 20.4. The molecule has 142 valence electrons. The summed E-state index contributed by atoms with van der Waals surface area (Å²) in [6.07, 6.45) is 2.73. The second kappa shape index (κ2) is 7.85. The summed E-state index contributed by atoms with van der Waals surface area (Å²) in [4.78, 5) is 19.3. The maximum Gasteiger partial charge on any atom is 0.274 e. The molecule has 2 aromatic carbocycles. The highest BCUT2D eigenvalue weighted by atomic mass is 16.1. The van der Waals surface area contributed by atoms with Crippen LogP contribution in [-0.2, 0) is 13.0 Å². The number of hydrogen-bond acceptors (Lipinski definition) is 3. The standard InChI is InChI=1S/C24H25N3O/c1-17(2)18-7-9-21(10-8-18)26-24(28)23-15-22(11-13-25-23)27-14-12-19-5-3-4-6-20(19)16-27/h3-11,13,15,17H,12,14,16H2,1-2H3,(H,26,28). The number of hydrogen-bond donors (Lipinski definition) is 1. The number of carbonyl (C=O) groups is 1. The molecular weight excluding hydrogens is 346 g/mol. The van der Waals surface area contributed by atoms with Gasteiger partial charge in [-0.05, 0) is 53.3 Å². The lowest BCUT2D eigenvalue weighted by Crippen LogP contribution is -2.30. The molecular formula is C24H25N3O. The van der Waals surface area contributed by atoms with Gasteiger partial charge >= 0.3 is 0 Å². The number of fused-ring (bicyclic) bond motifs is 1. The van der Waals surface area contributed by atoms with Gasteiger partial charge in [0.15, 0.2) is 0 Å². The van der Waals surface area contributed by atoms with Crippen LogP contribution in [-0.4, -0.2) is 17.4 Å². The molecule has 0 saturated carbocycles. The summed E-state index contributed by atoms with van der Waals surface area (Å²) >= 11 is 0. The van der Waals surface area contributed by atoms with Crippen LogP contribution >= 0.6 is 0 Å². The zero-order valence-electron chi connectivity index (χ0n) is 16.4. The Kier molecular flexibility index (Phi) is 5.11. The Morgan fingerprint density at radius 3 is 2.54 bits per heavy atom. The van der Waals surface area contributed by atoms with Crippen LogP contribution in [0.4, 0.5) is 11.4 Å². The lowest BCUT2D eigenvalue weighted by atomic mass is 9.99. The van der Waals surface area contributed by atoms with E-state index in [2.05, 4.69) is 65.4 Å². The topological polar surface area (TPSA) is 45.2 Å². The van der Waals surface area contributed by atoms with Crippen molar-refractivity contribution in [3.05, 3.63) is 89.2 Å². The molecule has 0 bridgehead atoms. The molecule has 0 radical (unpaired) electrons. The number of anilines is 2. The molecule has 0 atom stereocenters. The number of aromatic nitrogens is 1. The number of nitrogens with zero attached hydrogens (tertiary/aromatic N) is 2. The first-order chi connectivity index (χ1) is 13.6. The third-order valence-corrected chi connectivity index (χ3v) is 5.31. The zero-order valence-corrected chi connectivity index (χ0v) is 16.4. The van der Waals surface area contributed by atoms with E-state index in [0.29, 0.717) is 11.6 Å². The molecule has 0 fully saturated rings. The largest absolute Gasteiger partial charge is 0.367 e. The zero-order chi connectivity index (χ0) is 19.5. The van der Waals surface area contributed by atoms with Crippen LogP contribution < -0.4 is 10.2 Å². The molecule has 1 aliphatic rings. The Labute approximate surface area is 166 Å². The Bertz CT molecular complexity index is 979. The third kappa shape index (κ3) is 3.91. The van der Waals surface area contributed by atoms with Gasteiger partial charge in [0.05, 0.1) is 0 Å². The predicted molar refractivity (Wildman–Crippen MR) is 114 cm³/mol. The molecule has 0 saturated heterocycles. The Hall–Kier alpha value is -3.14. The van der Waals surface area contributed by atoms with Gasteiger partial charge < -0.3 is 10.2 Å². The van der Waals surface area contributed by atoms with E-state index in [0.717, 1.165) is 30.9 Å². The fourth-order valence-corrected chi connectivity index (χ4v) is 3.60. The molecule has 1 N–H and O–H groups in total. The van der Waals surface area contributed by atoms with Crippen molar-refractivity contribution in [2.24, 2.45) is 0 Å². The van der Waals surface area contributed by atoms with E-state index in [1.807, 2.05) is 24.3 Å². The van der Waals surface area contributed by atoms with Crippen molar-refractivity contribution < 1.29 is 4.79 Å². The van der Waals surface area contributed by atoms with Gasteiger partial charge in [-0.2, -0.15) is 0 Å². The van der Waals surface area contributed by atoms with E-state index in [9.17, 15) is 4.79 Å². The van der Waals surface area contributed by atoms with Gasteiger partial charge in [0.25, 0.3) is 5.91 Å². The van der Waals surface area contributed by atoms with Crippen molar-refractivity contribution in [2.45, 2.75) is 32.7 Å². The second-order valence-corrected chi connectivity index (χ2v) is 7.57. The quantitative estimate of drug-likeness (QED) is 0.700. The predicted octanol–water partition coefficient (Wildman–Crippen LogP) is 5.02. The molecule has 2 heterocycles. The lowest BCUT2D eigenvalue weighted by molar-refractivity contribution is 0.102. The number of amides is 1. The summed E-state index contributed by atoms with van der Waals surface area (Å²) in [7, 11) is 0. The first-order valence-corrected chi connectivity index (χ1v) is 9.79. The summed E-state index contributed by atoms with van der Waals surface area (Å²) in [5.41, 5.74) is 6.27. The van der Waals surface area contributed by atoms with Gasteiger partial charge in [0.1, 0.15) is 5.69 Å². The molecule has 4 rings (SSSR count). The van der Waals surface area contributed by atoms with Crippen molar-refractivity contribution >= 4 is 17.3 Å². The van der Waals surface area contributed by atoms with Crippen LogP contribution in [0.15, 0.2) is 66.9 Å². The minimum absolute atomic E-state index is 0.184. The number of benzene rings is 2. The number of pyridine rings is 1. The van der Waals surface area contributed by atoms with Crippen LogP contribution in [0.5, 0.6) is 0 Å². The van der Waals surface area contributed by atoms with Gasteiger partial charge in [-0.15, -0.1) is 0 Å². The summed E-state index contributed by atoms with van der Waals surface area (Å²) in [5.74, 6) is 0.286. The first kappa shape index (κ1) is 18.2. The minimum Gasteiger partial charge on any atom is -0.367 e. The molecule has 4 heteroatoms. The van der Waals surface area contributed by atoms with Gasteiger partial charge in [-0.1, -0.05) is 50.2 Å². The average Bonchev–Trinajstić information content (AvgIpc) is 2.74. The molecule has 3 aromatic rings. The summed E-state index contributed by atoms with van der Waals surface area (Å²) in [6.45, 7) is 6.11. The van der Waals surface area contributed by atoms with Crippen LogP contribution in [0.25, 0.3) is 0 Å². The summed E-state index contributed by atoms with van der Waals surface area (Å²) in [5, 5.41) is 2.95. The van der Waals surface area contributed by atoms with Gasteiger partial charge in [-0.25, -0.2) is 0 Å². The number of carbonyl (C=O) groups excluding carboxylic acids is 1. The number of nitrogens with one attached hydrogen (secondary N) is 1. The molecule has 28 heavy (non-hydrogen) atoms. The van der Waals surface area contributed by atoms with Gasteiger partial charge in [0, 0.05) is 30.7 Å². The third-order valence-electron chi connectivity index (χ3n) is 5.31. The van der Waals surface area contributed by atoms with Gasteiger partial charge in [0.2, 0.25) is 0 Å². The van der Waals surface area contributed by atoms with Crippen molar-refractivity contribution in [1.82, 2.24) is 4.98 Å². The highest BCUT2D eigenvalue weighted by Crippen LogP contribution is 2.25. The normalized spacial score (nSPS) is 13.3. The van der Waals surface area contributed by atoms with E-state index in [1.165, 1.54) is 16.7 Å². The summed E-state index contributed by atoms with van der Waals surface area (Å²) < 4.78 is 0. The highest BCUT2D eigenvalue weighted by Gasteiger charge is 2.17. The van der Waals surface area contributed by atoms with Crippen LogP contribution in [0.1, 0.15) is 46.9 Å². The molecule has 0 unspecified atom stereocenters. The SMILES string of the molecule is CC(C)c1ccc(NC(=O)c2cc(N3CCc4ccccc4C3)ccn2)cc1. The molecule has 1 amide bonds. The van der Waals surface area contributed by atoms with Crippen molar-refractivity contribution in [1.29, 1.82) is 0 Å². The van der Waals surface area contributed by atoms with Crippen LogP contribution in [0.2, 0.25) is 0 Å². The molecule has 0 spiro atoms. The monoisotopic (exact) mass is 371 g/mol. The van der Waals surface area contributed by atoms with Crippen LogP contribution in [0.3, 0.4) is 0 Å². The fourth-order valence-electron chi connectivity index (χ4n) is 3.60. The second-order valence-electron chi connectivity index (χ2n) is 7.57. The van der Waals surface area contributed by atoms with E-state index in [1.54, 1.807) is 6.20 Å². The van der Waals surface area contributed by atoms with E-state index in [4.69, 9.17) is 0 Å². The lowest BCUT2D eigenvalue weighted by Gasteiger charge is -2.30. The van der Waals surface area contributed by atoms with Crippen LogP contribution in [0, 0.1) is 0 Å². The minimum atomic E-state index is -0.184. The van der Waals surface area contributed by atoms with E-state index >= 15 is 0 Å². The van der Waals surface area contributed by atoms with E-state index in [-0.39, 0.29) is 5.91 Å². The Morgan fingerprint density at radius 1 is 1.04 bits per heavy atom. The number of rotatable bonds is 4. The Morgan fingerprint density at radius 2 is 1.79 bits per heavy atom. The van der Waals surface area contributed by atoms with Crippen molar-refractivity contribution in [3.8, 4) is 0 Å². The smallest absolute Gasteiger partial charge is 0.274 e. The maximum absolute atomic E-state index is 12.7. The van der Waals surface area contributed by atoms with Gasteiger partial charge in [-0.3, -0.25) is 9.78 Å². The van der Waals surface area contributed by atoms with E-state index < -0.39 is 0 Å². The average molecular weight is 371 g/mol. The molecule has 1 aliphatic heterocycles. The molecule has 1 aromatic heterocycles. The van der Waals surface area contributed by atoms with Crippen molar-refractivity contribution in [2.75, 3.05) is 16.8 Å². The molecule has 0 aliphatic carbocycles. The first-order valence-electron chi connectivity index (χ1n) is 9.79.